The molecule has 1 saturated carbocycles. The Morgan fingerprint density at radius 3 is 2.56 bits per heavy atom. The lowest BCUT2D eigenvalue weighted by atomic mass is 9.81. The number of benzene rings is 1. The number of para-hydroxylation sites is 1. The number of aromatic nitrogens is 2. The van der Waals surface area contributed by atoms with Crippen molar-refractivity contribution >= 4 is 16.9 Å². The minimum Gasteiger partial charge on any atom is -0.481 e. The van der Waals surface area contributed by atoms with Gasteiger partial charge in [-0.25, -0.2) is 0 Å². The summed E-state index contributed by atoms with van der Waals surface area (Å²) in [7, 11) is 0. The average molecular weight is 346 g/mol. The molecule has 5 nitrogen and oxygen atoms in total. The fourth-order valence-electron chi connectivity index (χ4n) is 3.23. The zero-order valence-corrected chi connectivity index (χ0v) is 15.7. The van der Waals surface area contributed by atoms with Gasteiger partial charge < -0.3 is 5.11 Å². The first-order chi connectivity index (χ1) is 12.1. The van der Waals surface area contributed by atoms with Gasteiger partial charge in [-0.2, -0.15) is 5.10 Å². The minimum absolute atomic E-state index is 0.0751. The number of rotatable bonds is 3. The predicted octanol–water partition coefficient (Wildman–Crippen LogP) is 4.34. The van der Waals surface area contributed by atoms with Crippen molar-refractivity contribution in [3.8, 4) is 0 Å². The van der Waals surface area contributed by atoms with Crippen molar-refractivity contribution < 1.29 is 9.90 Å². The van der Waals surface area contributed by atoms with Gasteiger partial charge in [0, 0.05) is 11.9 Å². The molecule has 3 rings (SSSR count). The first-order valence-electron chi connectivity index (χ1n) is 9.33. The molecule has 0 radical (unpaired) electrons. The van der Waals surface area contributed by atoms with Gasteiger partial charge in [0.05, 0.1) is 17.6 Å². The van der Waals surface area contributed by atoms with Crippen molar-refractivity contribution in [2.45, 2.75) is 59.9 Å². The van der Waals surface area contributed by atoms with Crippen LogP contribution in [-0.2, 0) is 11.3 Å². The quantitative estimate of drug-likeness (QED) is 0.897. The van der Waals surface area contributed by atoms with Gasteiger partial charge in [-0.1, -0.05) is 46.2 Å². The van der Waals surface area contributed by atoms with Crippen LogP contribution in [0.1, 0.15) is 53.4 Å². The first kappa shape index (κ1) is 20.9. The summed E-state index contributed by atoms with van der Waals surface area (Å²) in [6.07, 6.45) is 4.77. The Hall–Kier alpha value is -2.17. The largest absolute Gasteiger partial charge is 0.481 e. The van der Waals surface area contributed by atoms with Gasteiger partial charge in [-0.05, 0) is 37.3 Å². The molecule has 0 saturated heterocycles. The molecule has 1 aromatic heterocycles. The second-order valence-electron chi connectivity index (χ2n) is 5.78. The molecule has 25 heavy (non-hydrogen) atoms. The number of hydrogen-bond donors (Lipinski definition) is 1. The van der Waals surface area contributed by atoms with E-state index in [-0.39, 0.29) is 11.3 Å². The Kier molecular flexibility index (Phi) is 8.89. The standard InChI is InChI=1S/C16H18N2O3.2C2H6/c19-15-9-17-18(14-7-2-1-6-13(14)15)10-11-4-3-5-12(8-11)16(20)21;2*1-2/h1-2,6-7,9,11-12H,3-5,8,10H2,(H,20,21);2*1-2H3. The lowest BCUT2D eigenvalue weighted by Gasteiger charge is -2.27. The smallest absolute Gasteiger partial charge is 0.306 e. The average Bonchev–Trinajstić information content (AvgIpc) is 2.68. The van der Waals surface area contributed by atoms with Crippen LogP contribution in [0.5, 0.6) is 0 Å². The van der Waals surface area contributed by atoms with Crippen LogP contribution in [0.4, 0.5) is 0 Å². The van der Waals surface area contributed by atoms with E-state index in [1.807, 2.05) is 50.6 Å². The van der Waals surface area contributed by atoms with Crippen LogP contribution in [0, 0.1) is 11.8 Å². The number of nitrogens with zero attached hydrogens (tertiary/aromatic N) is 2. The maximum absolute atomic E-state index is 11.8. The molecule has 2 unspecified atom stereocenters. The molecule has 1 heterocycles. The van der Waals surface area contributed by atoms with E-state index in [4.69, 9.17) is 5.11 Å². The van der Waals surface area contributed by atoms with Crippen LogP contribution in [0.25, 0.3) is 10.9 Å². The number of aliphatic carboxylic acids is 1. The summed E-state index contributed by atoms with van der Waals surface area (Å²) in [4.78, 5) is 23.0. The zero-order chi connectivity index (χ0) is 18.8. The van der Waals surface area contributed by atoms with Crippen LogP contribution in [0.15, 0.2) is 35.3 Å². The summed E-state index contributed by atoms with van der Waals surface area (Å²) in [5.41, 5.74) is 0.747. The molecule has 5 heteroatoms. The number of carboxylic acid groups (broad SMARTS) is 1. The predicted molar refractivity (Wildman–Crippen MR) is 102 cm³/mol. The van der Waals surface area contributed by atoms with Crippen molar-refractivity contribution in [1.82, 2.24) is 9.78 Å². The van der Waals surface area contributed by atoms with E-state index in [0.717, 1.165) is 24.8 Å². The van der Waals surface area contributed by atoms with Crippen molar-refractivity contribution in [3.05, 3.63) is 40.7 Å². The van der Waals surface area contributed by atoms with Crippen molar-refractivity contribution in [2.24, 2.45) is 11.8 Å². The first-order valence-corrected chi connectivity index (χ1v) is 9.33. The molecule has 1 aliphatic carbocycles. The fourth-order valence-corrected chi connectivity index (χ4v) is 3.23. The molecular formula is C20H30N2O3. The summed E-state index contributed by atoms with van der Waals surface area (Å²) in [5.74, 6) is -0.634. The Balaban J connectivity index is 0.000000730. The van der Waals surface area contributed by atoms with Crippen molar-refractivity contribution in [2.75, 3.05) is 0 Å². The van der Waals surface area contributed by atoms with Crippen LogP contribution in [0.2, 0.25) is 0 Å². The zero-order valence-electron chi connectivity index (χ0n) is 15.7. The second kappa shape index (κ2) is 10.6. The number of hydrogen-bond acceptors (Lipinski definition) is 3. The molecule has 1 fully saturated rings. The monoisotopic (exact) mass is 346 g/mol. The van der Waals surface area contributed by atoms with E-state index in [1.165, 1.54) is 6.20 Å². The molecule has 2 aromatic rings. The highest BCUT2D eigenvalue weighted by molar-refractivity contribution is 5.77. The number of carbonyl (C=O) groups is 1. The van der Waals surface area contributed by atoms with E-state index in [9.17, 15) is 9.59 Å². The SMILES string of the molecule is CC.CC.O=C(O)C1CCCC(Cn2ncc(=O)c3ccccc32)C1. The lowest BCUT2D eigenvalue weighted by Crippen LogP contribution is -2.26. The normalized spacial score (nSPS) is 19.2. The van der Waals surface area contributed by atoms with Crippen LogP contribution in [-0.4, -0.2) is 20.9 Å². The molecular weight excluding hydrogens is 316 g/mol. The summed E-state index contributed by atoms with van der Waals surface area (Å²) in [6.45, 7) is 8.67. The summed E-state index contributed by atoms with van der Waals surface area (Å²) in [6, 6.07) is 7.42. The highest BCUT2D eigenvalue weighted by Gasteiger charge is 2.27. The van der Waals surface area contributed by atoms with Crippen LogP contribution in [0.3, 0.4) is 0 Å². The third-order valence-electron chi connectivity index (χ3n) is 4.33. The minimum atomic E-state index is -0.697. The highest BCUT2D eigenvalue weighted by atomic mass is 16.4. The Morgan fingerprint density at radius 1 is 1.20 bits per heavy atom. The summed E-state index contributed by atoms with van der Waals surface area (Å²) < 4.78 is 1.84. The van der Waals surface area contributed by atoms with Gasteiger partial charge in [-0.15, -0.1) is 0 Å². The van der Waals surface area contributed by atoms with Crippen LogP contribution < -0.4 is 5.43 Å². The number of carboxylic acids is 1. The van der Waals surface area contributed by atoms with Gasteiger partial charge in [0.25, 0.3) is 0 Å². The highest BCUT2D eigenvalue weighted by Crippen LogP contribution is 2.30. The van der Waals surface area contributed by atoms with Gasteiger partial charge in [0.2, 0.25) is 5.43 Å². The molecule has 0 bridgehead atoms. The van der Waals surface area contributed by atoms with Crippen molar-refractivity contribution in [1.29, 1.82) is 0 Å². The van der Waals surface area contributed by atoms with E-state index >= 15 is 0 Å². The topological polar surface area (TPSA) is 72.2 Å². The van der Waals surface area contributed by atoms with E-state index in [1.54, 1.807) is 6.07 Å². The lowest BCUT2D eigenvalue weighted by molar-refractivity contribution is -0.143. The van der Waals surface area contributed by atoms with Gasteiger partial charge in [0.15, 0.2) is 0 Å². The molecule has 0 spiro atoms. The van der Waals surface area contributed by atoms with E-state index < -0.39 is 5.97 Å². The molecule has 0 amide bonds. The van der Waals surface area contributed by atoms with Crippen molar-refractivity contribution in [3.63, 3.8) is 0 Å². The van der Waals surface area contributed by atoms with Gasteiger partial charge >= 0.3 is 5.97 Å². The molecule has 0 aliphatic heterocycles. The number of fused-ring (bicyclic) bond motifs is 1. The maximum atomic E-state index is 11.8. The molecule has 1 N–H and O–H groups in total. The third kappa shape index (κ3) is 5.41. The fraction of sp³-hybridized carbons (Fsp3) is 0.550. The van der Waals surface area contributed by atoms with Gasteiger partial charge in [-0.3, -0.25) is 14.3 Å². The second-order valence-corrected chi connectivity index (χ2v) is 5.78. The molecule has 1 aromatic carbocycles. The molecule has 138 valence electrons. The van der Waals surface area contributed by atoms with E-state index in [2.05, 4.69) is 5.10 Å². The Bertz CT molecular complexity index is 724. The van der Waals surface area contributed by atoms with Crippen LogP contribution >= 0.6 is 0 Å². The molecule has 2 atom stereocenters. The maximum Gasteiger partial charge on any atom is 0.306 e. The Morgan fingerprint density at radius 2 is 1.88 bits per heavy atom. The third-order valence-corrected chi connectivity index (χ3v) is 4.33. The van der Waals surface area contributed by atoms with E-state index in [0.29, 0.717) is 24.3 Å². The summed E-state index contributed by atoms with van der Waals surface area (Å²) in [5, 5.41) is 14.1. The van der Waals surface area contributed by atoms with Gasteiger partial charge in [0.1, 0.15) is 0 Å². The Labute approximate surface area is 149 Å². The summed E-state index contributed by atoms with van der Waals surface area (Å²) >= 11 is 0. The molecule has 1 aliphatic rings.